The van der Waals surface area contributed by atoms with Crippen molar-refractivity contribution in [2.24, 2.45) is 16.7 Å². The maximum absolute atomic E-state index is 12.3. The van der Waals surface area contributed by atoms with E-state index in [-0.39, 0.29) is 16.7 Å². The quantitative estimate of drug-likeness (QED) is 0.576. The zero-order chi connectivity index (χ0) is 19.6. The van der Waals surface area contributed by atoms with Gasteiger partial charge >= 0.3 is 0 Å². The molecule has 2 fully saturated rings. The van der Waals surface area contributed by atoms with Crippen molar-refractivity contribution in [2.45, 2.75) is 90.8 Å². The van der Waals surface area contributed by atoms with Gasteiger partial charge in [0.25, 0.3) is 0 Å². The number of fused-ring (bicyclic) bond motifs is 1. The molecule has 3 N–H and O–H groups in total. The molecule has 0 bridgehead atoms. The third-order valence-corrected chi connectivity index (χ3v) is 6.81. The Bertz CT molecular complexity index is 490. The molecule has 2 aliphatic carbocycles. The van der Waals surface area contributed by atoms with E-state index >= 15 is 0 Å². The number of nitrogens with one attached hydrogen (secondary N) is 2. The van der Waals surface area contributed by atoms with Crippen LogP contribution in [-0.4, -0.2) is 49.0 Å². The first-order valence-electron chi connectivity index (χ1n) is 10.3. The van der Waals surface area contributed by atoms with Crippen molar-refractivity contribution < 1.29 is 14.6 Å². The van der Waals surface area contributed by atoms with Crippen LogP contribution in [0.1, 0.15) is 73.1 Å². The lowest BCUT2D eigenvalue weighted by Crippen LogP contribution is -2.52. The highest BCUT2D eigenvalue weighted by molar-refractivity contribution is 5.75. The van der Waals surface area contributed by atoms with Gasteiger partial charge in [-0.25, -0.2) is 0 Å². The molecule has 2 saturated carbocycles. The molecule has 26 heavy (non-hydrogen) atoms. The van der Waals surface area contributed by atoms with Gasteiger partial charge < -0.3 is 20.5 Å². The van der Waals surface area contributed by atoms with Crippen molar-refractivity contribution in [2.75, 3.05) is 20.3 Å². The summed E-state index contributed by atoms with van der Waals surface area (Å²) in [5.74, 6) is 0.544. The highest BCUT2D eigenvalue weighted by Gasteiger charge is 2.61. The van der Waals surface area contributed by atoms with Gasteiger partial charge in [0.2, 0.25) is 5.91 Å². The molecule has 0 saturated heterocycles. The second kappa shape index (κ2) is 8.15. The number of amides is 1. The lowest BCUT2D eigenvalue weighted by molar-refractivity contribution is -0.123. The van der Waals surface area contributed by atoms with Gasteiger partial charge in [-0.15, -0.1) is 0 Å². The molecule has 0 heterocycles. The van der Waals surface area contributed by atoms with E-state index in [9.17, 15) is 9.90 Å². The summed E-state index contributed by atoms with van der Waals surface area (Å²) in [4.78, 5) is 12.3. The third kappa shape index (κ3) is 4.79. The first-order chi connectivity index (χ1) is 12.0. The molecule has 4 atom stereocenters. The van der Waals surface area contributed by atoms with E-state index in [4.69, 9.17) is 4.74 Å². The normalized spacial score (nSPS) is 36.2. The predicted octanol–water partition coefficient (Wildman–Crippen LogP) is 2.86. The van der Waals surface area contributed by atoms with Gasteiger partial charge in [-0.1, -0.05) is 27.7 Å². The van der Waals surface area contributed by atoms with Gasteiger partial charge in [-0.05, 0) is 55.8 Å². The Morgan fingerprint density at radius 3 is 2.54 bits per heavy atom. The highest BCUT2D eigenvalue weighted by Crippen LogP contribution is 2.63. The molecule has 0 aromatic carbocycles. The van der Waals surface area contributed by atoms with E-state index in [1.54, 1.807) is 7.11 Å². The van der Waals surface area contributed by atoms with Crippen LogP contribution in [0.3, 0.4) is 0 Å². The first-order valence-corrected chi connectivity index (χ1v) is 10.3. The van der Waals surface area contributed by atoms with Crippen LogP contribution < -0.4 is 10.6 Å². The van der Waals surface area contributed by atoms with Crippen molar-refractivity contribution in [3.63, 3.8) is 0 Å². The van der Waals surface area contributed by atoms with Crippen LogP contribution in [0.2, 0.25) is 0 Å². The first kappa shape index (κ1) is 21.6. The number of aliphatic hydroxyl groups is 1. The van der Waals surface area contributed by atoms with Crippen LogP contribution in [0, 0.1) is 16.7 Å². The summed E-state index contributed by atoms with van der Waals surface area (Å²) in [7, 11) is 1.65. The van der Waals surface area contributed by atoms with Gasteiger partial charge in [0.15, 0.2) is 0 Å². The molecule has 152 valence electrons. The third-order valence-electron chi connectivity index (χ3n) is 6.81. The molecule has 0 radical (unpaired) electrons. The van der Waals surface area contributed by atoms with Crippen molar-refractivity contribution in [1.29, 1.82) is 0 Å². The monoisotopic (exact) mass is 368 g/mol. The lowest BCUT2D eigenvalue weighted by atomic mass is 9.57. The lowest BCUT2D eigenvalue weighted by Gasteiger charge is -2.51. The fraction of sp³-hybridized carbons (Fsp3) is 0.952. The summed E-state index contributed by atoms with van der Waals surface area (Å²) >= 11 is 0. The van der Waals surface area contributed by atoms with Gasteiger partial charge in [0, 0.05) is 32.2 Å². The molecule has 1 amide bonds. The maximum atomic E-state index is 12.3. The van der Waals surface area contributed by atoms with Crippen molar-refractivity contribution >= 4 is 5.91 Å². The summed E-state index contributed by atoms with van der Waals surface area (Å²) < 4.78 is 5.01. The Morgan fingerprint density at radius 2 is 1.92 bits per heavy atom. The van der Waals surface area contributed by atoms with Crippen LogP contribution in [0.4, 0.5) is 0 Å². The van der Waals surface area contributed by atoms with Crippen molar-refractivity contribution in [1.82, 2.24) is 10.6 Å². The fourth-order valence-electron chi connectivity index (χ4n) is 5.59. The molecule has 0 aliphatic heterocycles. The Hall–Kier alpha value is -0.650. The largest absolute Gasteiger partial charge is 0.390 e. The number of rotatable bonds is 8. The Kier molecular flexibility index (Phi) is 6.79. The Morgan fingerprint density at radius 1 is 1.23 bits per heavy atom. The summed E-state index contributed by atoms with van der Waals surface area (Å²) in [6, 6.07) is 0.828. The molecule has 0 aromatic heterocycles. The van der Waals surface area contributed by atoms with Crippen molar-refractivity contribution in [3.05, 3.63) is 0 Å². The van der Waals surface area contributed by atoms with Crippen LogP contribution in [0.15, 0.2) is 0 Å². The topological polar surface area (TPSA) is 70.6 Å². The number of methoxy groups -OCH3 is 1. The molecule has 0 unspecified atom stereocenters. The molecular formula is C21H40N2O3. The standard InChI is InChI=1S/C21H40N2O3/c1-15(2)23-17-14-19(3,4)16-13-20(5,25)9-10-21(16,17)8-7-18(24)22-11-12-26-6/h15-17,23,25H,7-14H2,1-6H3,(H,22,24)/t16-,17-,20-,21-/m0/s1. The van der Waals surface area contributed by atoms with Gasteiger partial charge in [-0.2, -0.15) is 0 Å². The zero-order valence-electron chi connectivity index (χ0n) is 17.7. The molecule has 2 rings (SSSR count). The summed E-state index contributed by atoms with van der Waals surface area (Å²) in [5, 5.41) is 17.5. The molecule has 0 spiro atoms. The average molecular weight is 369 g/mol. The van der Waals surface area contributed by atoms with Crippen molar-refractivity contribution in [3.8, 4) is 0 Å². The highest BCUT2D eigenvalue weighted by atomic mass is 16.5. The average Bonchev–Trinajstić information content (AvgIpc) is 2.72. The summed E-state index contributed by atoms with van der Waals surface area (Å²) in [6.45, 7) is 12.2. The van der Waals surface area contributed by atoms with Gasteiger partial charge in [0.05, 0.1) is 12.2 Å². The number of ether oxygens (including phenoxy) is 1. The zero-order valence-corrected chi connectivity index (χ0v) is 17.7. The van der Waals surface area contributed by atoms with E-state index < -0.39 is 5.60 Å². The van der Waals surface area contributed by atoms with E-state index in [2.05, 4.69) is 38.3 Å². The minimum atomic E-state index is -0.584. The Labute approximate surface area is 159 Å². The molecule has 5 nitrogen and oxygen atoms in total. The van der Waals surface area contributed by atoms with Crippen LogP contribution in [0.5, 0.6) is 0 Å². The second-order valence-corrected chi connectivity index (χ2v) is 9.90. The molecule has 2 aliphatic rings. The Balaban J connectivity index is 2.17. The van der Waals surface area contributed by atoms with Gasteiger partial charge in [0.1, 0.15) is 0 Å². The van der Waals surface area contributed by atoms with E-state index in [0.29, 0.717) is 37.6 Å². The van der Waals surface area contributed by atoms with Crippen LogP contribution in [0.25, 0.3) is 0 Å². The minimum absolute atomic E-state index is 0.0919. The minimum Gasteiger partial charge on any atom is -0.390 e. The number of carbonyl (C=O) groups excluding carboxylic acids is 1. The summed E-state index contributed by atoms with van der Waals surface area (Å²) in [5.41, 5.74) is -0.322. The molecule has 5 heteroatoms. The SMILES string of the molecule is COCCNC(=O)CC[C@]12CC[C@](C)(O)C[C@H]1C(C)(C)C[C@@H]2NC(C)C. The van der Waals surface area contributed by atoms with Crippen LogP contribution in [-0.2, 0) is 9.53 Å². The second-order valence-electron chi connectivity index (χ2n) is 9.90. The van der Waals surface area contributed by atoms with Crippen LogP contribution >= 0.6 is 0 Å². The predicted molar refractivity (Wildman–Crippen MR) is 105 cm³/mol. The van der Waals surface area contributed by atoms with E-state index in [1.165, 1.54) is 0 Å². The van der Waals surface area contributed by atoms with E-state index in [1.807, 2.05) is 6.92 Å². The fourth-order valence-corrected chi connectivity index (χ4v) is 5.59. The number of carbonyl (C=O) groups is 1. The summed E-state index contributed by atoms with van der Waals surface area (Å²) in [6.07, 6.45) is 5.19. The molecule has 0 aromatic rings. The van der Waals surface area contributed by atoms with E-state index in [0.717, 1.165) is 32.1 Å². The number of hydrogen-bond donors (Lipinski definition) is 3. The smallest absolute Gasteiger partial charge is 0.220 e. The molecular weight excluding hydrogens is 328 g/mol. The number of hydrogen-bond acceptors (Lipinski definition) is 4. The van der Waals surface area contributed by atoms with Gasteiger partial charge in [-0.3, -0.25) is 4.79 Å². The maximum Gasteiger partial charge on any atom is 0.220 e.